The summed E-state index contributed by atoms with van der Waals surface area (Å²) in [6.07, 6.45) is 5.08. The van der Waals surface area contributed by atoms with Gasteiger partial charge in [0.1, 0.15) is 6.29 Å². The van der Waals surface area contributed by atoms with E-state index in [0.29, 0.717) is 0 Å². The van der Waals surface area contributed by atoms with Crippen LogP contribution in [0.15, 0.2) is 0 Å². The molecular weight excluding hydrogens is 154 g/mol. The van der Waals surface area contributed by atoms with E-state index in [0.717, 1.165) is 32.0 Å². The van der Waals surface area contributed by atoms with E-state index in [1.807, 2.05) is 0 Å². The van der Waals surface area contributed by atoms with Crippen LogP contribution >= 0.6 is 0 Å². The lowest BCUT2D eigenvalue weighted by Gasteiger charge is -2.27. The van der Waals surface area contributed by atoms with E-state index < -0.39 is 0 Å². The second-order valence-electron chi connectivity index (χ2n) is 3.39. The minimum Gasteiger partial charge on any atom is -0.353 e. The van der Waals surface area contributed by atoms with Gasteiger partial charge in [-0.25, -0.2) is 0 Å². The summed E-state index contributed by atoms with van der Waals surface area (Å²) in [5, 5.41) is 2.81. The average molecular weight is 169 g/mol. The smallest absolute Gasteiger partial charge is 0.217 e. The van der Waals surface area contributed by atoms with Gasteiger partial charge in [-0.3, -0.25) is 4.79 Å². The Morgan fingerprint density at radius 3 is 2.67 bits per heavy atom. The molecule has 0 aliphatic heterocycles. The molecule has 1 aliphatic carbocycles. The minimum absolute atomic E-state index is 0.0336. The fourth-order valence-electron chi connectivity index (χ4n) is 1.76. The zero-order valence-corrected chi connectivity index (χ0v) is 7.38. The molecule has 0 spiro atoms. The van der Waals surface area contributed by atoms with Crippen molar-refractivity contribution in [2.45, 2.75) is 38.6 Å². The molecule has 0 saturated heterocycles. The molecule has 12 heavy (non-hydrogen) atoms. The summed E-state index contributed by atoms with van der Waals surface area (Å²) in [7, 11) is 0. The van der Waals surface area contributed by atoms with Crippen LogP contribution in [0.1, 0.15) is 32.6 Å². The number of carbonyl (C=O) groups is 2. The first-order chi connectivity index (χ1) is 5.74. The Morgan fingerprint density at radius 2 is 2.08 bits per heavy atom. The van der Waals surface area contributed by atoms with Crippen LogP contribution in [0.25, 0.3) is 0 Å². The van der Waals surface area contributed by atoms with E-state index in [2.05, 4.69) is 5.32 Å². The van der Waals surface area contributed by atoms with Crippen molar-refractivity contribution >= 4 is 12.2 Å². The van der Waals surface area contributed by atoms with Gasteiger partial charge in [0.05, 0.1) is 0 Å². The number of hydrogen-bond donors (Lipinski definition) is 1. The summed E-state index contributed by atoms with van der Waals surface area (Å²) in [6, 6.07) is 0.0914. The minimum atomic E-state index is -0.0336. The van der Waals surface area contributed by atoms with E-state index in [1.165, 1.54) is 6.92 Å². The predicted octanol–water partition coefficient (Wildman–Crippen LogP) is 0.880. The number of amides is 1. The van der Waals surface area contributed by atoms with E-state index in [1.54, 1.807) is 0 Å². The molecule has 0 aromatic heterocycles. The molecule has 1 fully saturated rings. The summed E-state index contributed by atoms with van der Waals surface area (Å²) in [5.74, 6) is 0.0106. The fraction of sp³-hybridized carbons (Fsp3) is 0.778. The topological polar surface area (TPSA) is 46.2 Å². The van der Waals surface area contributed by atoms with Crippen molar-refractivity contribution < 1.29 is 9.59 Å². The van der Waals surface area contributed by atoms with Gasteiger partial charge in [-0.1, -0.05) is 12.8 Å². The van der Waals surface area contributed by atoms with Crippen LogP contribution in [0.5, 0.6) is 0 Å². The quantitative estimate of drug-likeness (QED) is 0.624. The highest BCUT2D eigenvalue weighted by Crippen LogP contribution is 2.22. The third-order valence-corrected chi connectivity index (χ3v) is 2.38. The van der Waals surface area contributed by atoms with Crippen molar-refractivity contribution in [1.29, 1.82) is 0 Å². The highest BCUT2D eigenvalue weighted by Gasteiger charge is 2.24. The van der Waals surface area contributed by atoms with Gasteiger partial charge in [0.15, 0.2) is 0 Å². The number of nitrogens with one attached hydrogen (secondary N) is 1. The number of rotatable bonds is 2. The van der Waals surface area contributed by atoms with E-state index in [4.69, 9.17) is 0 Å². The number of aldehydes is 1. The molecule has 0 heterocycles. The van der Waals surface area contributed by atoms with Gasteiger partial charge in [0.2, 0.25) is 5.91 Å². The van der Waals surface area contributed by atoms with E-state index >= 15 is 0 Å². The molecule has 1 aliphatic rings. The molecule has 1 saturated carbocycles. The van der Waals surface area contributed by atoms with Crippen LogP contribution in [0.3, 0.4) is 0 Å². The van der Waals surface area contributed by atoms with E-state index in [-0.39, 0.29) is 17.9 Å². The third-order valence-electron chi connectivity index (χ3n) is 2.38. The molecule has 3 nitrogen and oxygen atoms in total. The van der Waals surface area contributed by atoms with Gasteiger partial charge < -0.3 is 10.1 Å². The predicted molar refractivity (Wildman–Crippen MR) is 45.6 cm³/mol. The van der Waals surface area contributed by atoms with Gasteiger partial charge >= 0.3 is 0 Å². The normalized spacial score (nSPS) is 29.4. The van der Waals surface area contributed by atoms with Crippen molar-refractivity contribution in [3.63, 3.8) is 0 Å². The van der Waals surface area contributed by atoms with E-state index in [9.17, 15) is 9.59 Å². The summed E-state index contributed by atoms with van der Waals surface area (Å²) in [6.45, 7) is 1.50. The van der Waals surface area contributed by atoms with Crippen LogP contribution in [0.4, 0.5) is 0 Å². The lowest BCUT2D eigenvalue weighted by atomic mass is 9.85. The Balaban J connectivity index is 2.46. The molecule has 1 amide bonds. The van der Waals surface area contributed by atoms with Crippen molar-refractivity contribution in [3.05, 3.63) is 0 Å². The maximum Gasteiger partial charge on any atom is 0.217 e. The molecule has 1 unspecified atom stereocenters. The number of carbonyl (C=O) groups excluding carboxylic acids is 2. The lowest BCUT2D eigenvalue weighted by molar-refractivity contribution is -0.121. The molecular formula is C9H15NO2. The Kier molecular flexibility index (Phi) is 3.26. The third kappa shape index (κ3) is 2.32. The first-order valence-corrected chi connectivity index (χ1v) is 4.46. The standard InChI is InChI=1S/C9H15NO2/c1-7(12)10-9-5-3-2-4-8(9)6-11/h6,8-9H,2-5H2,1H3,(H,10,12)/t8?,9-/m1/s1. The summed E-state index contributed by atoms with van der Waals surface area (Å²) in [5.41, 5.74) is 0. The lowest BCUT2D eigenvalue weighted by Crippen LogP contribution is -2.41. The molecule has 0 aromatic rings. The average Bonchev–Trinajstić information content (AvgIpc) is 2.04. The van der Waals surface area contributed by atoms with Crippen LogP contribution < -0.4 is 5.32 Å². The molecule has 0 aromatic carbocycles. The molecule has 0 radical (unpaired) electrons. The van der Waals surface area contributed by atoms with Crippen molar-refractivity contribution in [3.8, 4) is 0 Å². The molecule has 0 bridgehead atoms. The van der Waals surface area contributed by atoms with Crippen LogP contribution in [-0.4, -0.2) is 18.2 Å². The first-order valence-electron chi connectivity index (χ1n) is 4.46. The molecule has 2 atom stereocenters. The Morgan fingerprint density at radius 1 is 1.42 bits per heavy atom. The zero-order chi connectivity index (χ0) is 8.97. The van der Waals surface area contributed by atoms with Crippen molar-refractivity contribution in [1.82, 2.24) is 5.32 Å². The SMILES string of the molecule is CC(=O)N[C@@H]1CCCCC1C=O. The number of hydrogen-bond acceptors (Lipinski definition) is 2. The Hall–Kier alpha value is -0.860. The molecule has 1 N–H and O–H groups in total. The summed E-state index contributed by atoms with van der Waals surface area (Å²) in [4.78, 5) is 21.3. The second kappa shape index (κ2) is 4.24. The van der Waals surface area contributed by atoms with Crippen LogP contribution in [0, 0.1) is 5.92 Å². The Bertz CT molecular complexity index is 179. The van der Waals surface area contributed by atoms with Crippen LogP contribution in [0.2, 0.25) is 0 Å². The summed E-state index contributed by atoms with van der Waals surface area (Å²) >= 11 is 0. The maximum absolute atomic E-state index is 10.7. The second-order valence-corrected chi connectivity index (χ2v) is 3.39. The largest absolute Gasteiger partial charge is 0.353 e. The first kappa shape index (κ1) is 9.23. The van der Waals surface area contributed by atoms with Gasteiger partial charge in [-0.05, 0) is 12.8 Å². The molecule has 3 heteroatoms. The van der Waals surface area contributed by atoms with Crippen molar-refractivity contribution in [2.24, 2.45) is 5.92 Å². The van der Waals surface area contributed by atoms with Gasteiger partial charge in [0, 0.05) is 18.9 Å². The zero-order valence-electron chi connectivity index (χ0n) is 7.38. The highest BCUT2D eigenvalue weighted by molar-refractivity contribution is 5.74. The van der Waals surface area contributed by atoms with Gasteiger partial charge in [-0.15, -0.1) is 0 Å². The molecule has 1 rings (SSSR count). The summed E-state index contributed by atoms with van der Waals surface area (Å²) < 4.78 is 0. The van der Waals surface area contributed by atoms with Gasteiger partial charge in [-0.2, -0.15) is 0 Å². The van der Waals surface area contributed by atoms with Crippen molar-refractivity contribution in [2.75, 3.05) is 0 Å². The monoisotopic (exact) mass is 169 g/mol. The highest BCUT2D eigenvalue weighted by atomic mass is 16.1. The Labute approximate surface area is 72.5 Å². The molecule has 68 valence electrons. The van der Waals surface area contributed by atoms with Gasteiger partial charge in [0.25, 0.3) is 0 Å². The fourth-order valence-corrected chi connectivity index (χ4v) is 1.76. The maximum atomic E-state index is 10.7. The van der Waals surface area contributed by atoms with Crippen LogP contribution in [-0.2, 0) is 9.59 Å².